The normalized spacial score (nSPS) is 10.2. The number of carbonyl (C=O) groups is 1. The summed E-state index contributed by atoms with van der Waals surface area (Å²) < 4.78 is 0. The van der Waals surface area contributed by atoms with Gasteiger partial charge in [-0.15, -0.1) is 0 Å². The fraction of sp³-hybridized carbons (Fsp3) is 0.462. The molecule has 1 aromatic carbocycles. The van der Waals surface area contributed by atoms with Crippen LogP contribution in [0.2, 0.25) is 0 Å². The molecule has 1 aromatic rings. The van der Waals surface area contributed by atoms with Crippen LogP contribution in [0, 0.1) is 0 Å². The zero-order valence-electron chi connectivity index (χ0n) is 10.1. The first-order valence-corrected chi connectivity index (χ1v) is 5.84. The number of rotatable bonds is 6. The molecule has 0 fully saturated rings. The SMILES string of the molecule is CCN(CCO)C(=O)CCc1ccccc1O. The van der Waals surface area contributed by atoms with Crippen molar-refractivity contribution in [3.05, 3.63) is 29.8 Å². The van der Waals surface area contributed by atoms with Gasteiger partial charge in [0.2, 0.25) is 5.91 Å². The summed E-state index contributed by atoms with van der Waals surface area (Å²) in [5.74, 6) is 0.232. The first-order chi connectivity index (χ1) is 8.19. The Morgan fingerprint density at radius 3 is 2.65 bits per heavy atom. The molecule has 0 bridgehead atoms. The molecule has 4 nitrogen and oxygen atoms in total. The highest BCUT2D eigenvalue weighted by molar-refractivity contribution is 5.76. The van der Waals surface area contributed by atoms with Crippen molar-refractivity contribution < 1.29 is 15.0 Å². The van der Waals surface area contributed by atoms with Gasteiger partial charge in [-0.1, -0.05) is 18.2 Å². The summed E-state index contributed by atoms with van der Waals surface area (Å²) in [6.07, 6.45) is 0.874. The standard InChI is InChI=1S/C13H19NO3/c1-2-14(9-10-15)13(17)8-7-11-5-3-4-6-12(11)16/h3-6,15-16H,2,7-10H2,1H3. The second-order valence-electron chi connectivity index (χ2n) is 3.83. The lowest BCUT2D eigenvalue weighted by Gasteiger charge is -2.19. The van der Waals surface area contributed by atoms with Crippen molar-refractivity contribution in [1.29, 1.82) is 0 Å². The maximum Gasteiger partial charge on any atom is 0.222 e. The predicted octanol–water partition coefficient (Wildman–Crippen LogP) is 1.17. The zero-order chi connectivity index (χ0) is 12.7. The van der Waals surface area contributed by atoms with Gasteiger partial charge in [0, 0.05) is 19.5 Å². The summed E-state index contributed by atoms with van der Waals surface area (Å²) in [5.41, 5.74) is 0.779. The van der Waals surface area contributed by atoms with Crippen LogP contribution < -0.4 is 0 Å². The van der Waals surface area contributed by atoms with E-state index in [4.69, 9.17) is 5.11 Å². The van der Waals surface area contributed by atoms with Crippen molar-refractivity contribution in [3.8, 4) is 5.75 Å². The summed E-state index contributed by atoms with van der Waals surface area (Å²) in [6, 6.07) is 7.02. The molecular formula is C13H19NO3. The topological polar surface area (TPSA) is 60.8 Å². The van der Waals surface area contributed by atoms with Gasteiger partial charge in [-0.2, -0.15) is 0 Å². The van der Waals surface area contributed by atoms with Gasteiger partial charge in [0.05, 0.1) is 6.61 Å². The molecular weight excluding hydrogens is 218 g/mol. The van der Waals surface area contributed by atoms with Crippen LogP contribution >= 0.6 is 0 Å². The number of carbonyl (C=O) groups excluding carboxylic acids is 1. The van der Waals surface area contributed by atoms with Crippen LogP contribution in [-0.2, 0) is 11.2 Å². The maximum atomic E-state index is 11.8. The first kappa shape index (κ1) is 13.5. The van der Waals surface area contributed by atoms with Gasteiger partial charge in [0.15, 0.2) is 0 Å². The van der Waals surface area contributed by atoms with Gasteiger partial charge in [0.1, 0.15) is 5.75 Å². The summed E-state index contributed by atoms with van der Waals surface area (Å²) in [6.45, 7) is 2.83. The van der Waals surface area contributed by atoms with Crippen LogP contribution in [0.4, 0.5) is 0 Å². The molecule has 0 atom stereocenters. The Bertz CT molecular complexity index is 365. The minimum atomic E-state index is -0.0177. The highest BCUT2D eigenvalue weighted by Gasteiger charge is 2.11. The molecule has 0 aliphatic rings. The van der Waals surface area contributed by atoms with Gasteiger partial charge in [0.25, 0.3) is 0 Å². The summed E-state index contributed by atoms with van der Waals surface area (Å²) in [4.78, 5) is 13.4. The van der Waals surface area contributed by atoms with Crippen LogP contribution in [0.5, 0.6) is 5.75 Å². The van der Waals surface area contributed by atoms with E-state index in [1.807, 2.05) is 19.1 Å². The van der Waals surface area contributed by atoms with E-state index in [0.29, 0.717) is 25.9 Å². The number of phenols is 1. The molecule has 17 heavy (non-hydrogen) atoms. The number of amides is 1. The number of aromatic hydroxyl groups is 1. The Labute approximate surface area is 101 Å². The van der Waals surface area contributed by atoms with Gasteiger partial charge < -0.3 is 15.1 Å². The lowest BCUT2D eigenvalue weighted by atomic mass is 10.1. The predicted molar refractivity (Wildman–Crippen MR) is 65.8 cm³/mol. The Morgan fingerprint density at radius 2 is 2.06 bits per heavy atom. The summed E-state index contributed by atoms with van der Waals surface area (Å²) in [7, 11) is 0. The van der Waals surface area contributed by atoms with Crippen LogP contribution in [0.15, 0.2) is 24.3 Å². The van der Waals surface area contributed by atoms with Crippen molar-refractivity contribution >= 4 is 5.91 Å². The lowest BCUT2D eigenvalue weighted by Crippen LogP contribution is -2.33. The molecule has 0 radical (unpaired) electrons. The molecule has 0 heterocycles. The van der Waals surface area contributed by atoms with Crippen LogP contribution in [0.25, 0.3) is 0 Å². The number of nitrogens with zero attached hydrogens (tertiary/aromatic N) is 1. The van der Waals surface area contributed by atoms with Gasteiger partial charge >= 0.3 is 0 Å². The number of aryl methyl sites for hydroxylation is 1. The van der Waals surface area contributed by atoms with E-state index in [9.17, 15) is 9.90 Å². The molecule has 0 saturated heterocycles. The number of hydrogen-bond donors (Lipinski definition) is 2. The average molecular weight is 237 g/mol. The average Bonchev–Trinajstić information content (AvgIpc) is 2.34. The van der Waals surface area contributed by atoms with E-state index < -0.39 is 0 Å². The number of aliphatic hydroxyl groups excluding tert-OH is 1. The van der Waals surface area contributed by atoms with Crippen molar-refractivity contribution in [2.75, 3.05) is 19.7 Å². The van der Waals surface area contributed by atoms with E-state index in [1.165, 1.54) is 0 Å². The highest BCUT2D eigenvalue weighted by atomic mass is 16.3. The molecule has 4 heteroatoms. The minimum Gasteiger partial charge on any atom is -0.508 e. The summed E-state index contributed by atoms with van der Waals surface area (Å²) >= 11 is 0. The van der Waals surface area contributed by atoms with Crippen LogP contribution in [-0.4, -0.2) is 40.7 Å². The second-order valence-corrected chi connectivity index (χ2v) is 3.83. The minimum absolute atomic E-state index is 0.00445. The van der Waals surface area contributed by atoms with Gasteiger partial charge in [-0.3, -0.25) is 4.79 Å². The van der Waals surface area contributed by atoms with Crippen molar-refractivity contribution in [1.82, 2.24) is 4.90 Å². The van der Waals surface area contributed by atoms with Gasteiger partial charge in [-0.25, -0.2) is 0 Å². The molecule has 0 unspecified atom stereocenters. The van der Waals surface area contributed by atoms with E-state index >= 15 is 0 Å². The number of phenolic OH excluding ortho intramolecular Hbond substituents is 1. The number of benzene rings is 1. The number of likely N-dealkylation sites (N-methyl/N-ethyl adjacent to an activating group) is 1. The fourth-order valence-electron chi connectivity index (χ4n) is 1.70. The third-order valence-electron chi connectivity index (χ3n) is 2.70. The van der Waals surface area contributed by atoms with Crippen molar-refractivity contribution in [3.63, 3.8) is 0 Å². The number of para-hydroxylation sites is 1. The highest BCUT2D eigenvalue weighted by Crippen LogP contribution is 2.17. The number of hydrogen-bond acceptors (Lipinski definition) is 3. The quantitative estimate of drug-likeness (QED) is 0.780. The Morgan fingerprint density at radius 1 is 1.35 bits per heavy atom. The Kier molecular flexibility index (Phi) is 5.49. The smallest absolute Gasteiger partial charge is 0.222 e. The molecule has 1 amide bonds. The van der Waals surface area contributed by atoms with E-state index in [0.717, 1.165) is 5.56 Å². The van der Waals surface area contributed by atoms with E-state index in [-0.39, 0.29) is 18.3 Å². The third kappa shape index (κ3) is 4.07. The molecule has 0 aliphatic heterocycles. The van der Waals surface area contributed by atoms with E-state index in [2.05, 4.69) is 0 Å². The number of aliphatic hydroxyl groups is 1. The van der Waals surface area contributed by atoms with Crippen molar-refractivity contribution in [2.24, 2.45) is 0 Å². The van der Waals surface area contributed by atoms with Crippen LogP contribution in [0.3, 0.4) is 0 Å². The Balaban J connectivity index is 2.50. The second kappa shape index (κ2) is 6.91. The maximum absolute atomic E-state index is 11.8. The first-order valence-electron chi connectivity index (χ1n) is 5.84. The molecule has 1 rings (SSSR count). The largest absolute Gasteiger partial charge is 0.508 e. The van der Waals surface area contributed by atoms with Gasteiger partial charge in [-0.05, 0) is 25.0 Å². The lowest BCUT2D eigenvalue weighted by molar-refractivity contribution is -0.131. The zero-order valence-corrected chi connectivity index (χ0v) is 10.1. The monoisotopic (exact) mass is 237 g/mol. The third-order valence-corrected chi connectivity index (χ3v) is 2.70. The molecule has 0 spiro atoms. The Hall–Kier alpha value is -1.55. The molecule has 2 N–H and O–H groups in total. The van der Waals surface area contributed by atoms with Crippen molar-refractivity contribution in [2.45, 2.75) is 19.8 Å². The fourth-order valence-corrected chi connectivity index (χ4v) is 1.70. The molecule has 0 aliphatic carbocycles. The molecule has 0 aromatic heterocycles. The molecule has 94 valence electrons. The van der Waals surface area contributed by atoms with E-state index in [1.54, 1.807) is 17.0 Å². The molecule has 0 saturated carbocycles. The summed E-state index contributed by atoms with van der Waals surface area (Å²) in [5, 5.41) is 18.4. The van der Waals surface area contributed by atoms with Crippen LogP contribution in [0.1, 0.15) is 18.9 Å².